The largest absolute Gasteiger partial charge is 0.379 e. The van der Waals surface area contributed by atoms with Crippen LogP contribution in [-0.4, -0.2) is 57.0 Å². The van der Waals surface area contributed by atoms with Crippen LogP contribution in [0.4, 0.5) is 0 Å². The second-order valence-corrected chi connectivity index (χ2v) is 3.51. The third-order valence-corrected chi connectivity index (χ3v) is 2.54. The van der Waals surface area contributed by atoms with E-state index >= 15 is 0 Å². The molecule has 4 nitrogen and oxygen atoms in total. The van der Waals surface area contributed by atoms with Crippen LogP contribution in [0.1, 0.15) is 6.92 Å². The minimum Gasteiger partial charge on any atom is -0.379 e. The van der Waals surface area contributed by atoms with Gasteiger partial charge in [-0.1, -0.05) is 0 Å². The van der Waals surface area contributed by atoms with E-state index in [1.807, 2.05) is 0 Å². The summed E-state index contributed by atoms with van der Waals surface area (Å²) in [4.78, 5) is 2.37. The fraction of sp³-hybridized carbons (Fsp3) is 1.00. The van der Waals surface area contributed by atoms with Gasteiger partial charge in [-0.15, -0.1) is 0 Å². The Morgan fingerprint density at radius 3 is 3.00 bits per heavy atom. The van der Waals surface area contributed by atoms with Gasteiger partial charge in [-0.05, 0) is 6.92 Å². The highest BCUT2D eigenvalue weighted by Crippen LogP contribution is 2.07. The molecule has 4 heteroatoms. The van der Waals surface area contributed by atoms with Gasteiger partial charge in [0.2, 0.25) is 0 Å². The minimum absolute atomic E-state index is 0.153. The van der Waals surface area contributed by atoms with Crippen molar-refractivity contribution < 1.29 is 9.47 Å². The minimum atomic E-state index is 0.153. The van der Waals surface area contributed by atoms with Crippen LogP contribution < -0.4 is 5.73 Å². The van der Waals surface area contributed by atoms with Gasteiger partial charge < -0.3 is 15.2 Å². The van der Waals surface area contributed by atoms with Gasteiger partial charge in [0.25, 0.3) is 0 Å². The van der Waals surface area contributed by atoms with E-state index in [2.05, 4.69) is 11.8 Å². The summed E-state index contributed by atoms with van der Waals surface area (Å²) in [7, 11) is 1.71. The van der Waals surface area contributed by atoms with E-state index < -0.39 is 0 Å². The number of morpholine rings is 1. The van der Waals surface area contributed by atoms with Crippen molar-refractivity contribution in [2.24, 2.45) is 5.73 Å². The average Bonchev–Trinajstić information content (AvgIpc) is 2.17. The van der Waals surface area contributed by atoms with Gasteiger partial charge in [-0.3, -0.25) is 4.90 Å². The smallest absolute Gasteiger partial charge is 0.0820 e. The first-order chi connectivity index (χ1) is 6.27. The fourth-order valence-corrected chi connectivity index (χ4v) is 1.54. The molecule has 78 valence electrons. The molecule has 0 aromatic heterocycles. The topological polar surface area (TPSA) is 47.7 Å². The molecule has 0 spiro atoms. The van der Waals surface area contributed by atoms with E-state index in [0.29, 0.717) is 12.6 Å². The molecule has 1 fully saturated rings. The molecule has 2 atom stereocenters. The van der Waals surface area contributed by atoms with Crippen LogP contribution in [0.2, 0.25) is 0 Å². The quantitative estimate of drug-likeness (QED) is 0.657. The Morgan fingerprint density at radius 1 is 1.69 bits per heavy atom. The second kappa shape index (κ2) is 5.54. The summed E-state index contributed by atoms with van der Waals surface area (Å²) in [6.45, 7) is 6.30. The fourth-order valence-electron chi connectivity index (χ4n) is 1.54. The van der Waals surface area contributed by atoms with Crippen LogP contribution in [0.5, 0.6) is 0 Å². The van der Waals surface area contributed by atoms with Crippen molar-refractivity contribution in [1.29, 1.82) is 0 Å². The van der Waals surface area contributed by atoms with Crippen LogP contribution >= 0.6 is 0 Å². The van der Waals surface area contributed by atoms with Crippen molar-refractivity contribution in [1.82, 2.24) is 4.90 Å². The van der Waals surface area contributed by atoms with Crippen molar-refractivity contribution in [2.45, 2.75) is 19.1 Å². The molecule has 0 aromatic rings. The lowest BCUT2D eigenvalue weighted by atomic mass is 10.2. The summed E-state index contributed by atoms with van der Waals surface area (Å²) in [5, 5.41) is 0. The van der Waals surface area contributed by atoms with Crippen molar-refractivity contribution in [2.75, 3.05) is 40.0 Å². The van der Waals surface area contributed by atoms with Gasteiger partial charge in [0, 0.05) is 32.8 Å². The summed E-state index contributed by atoms with van der Waals surface area (Å²) in [5.41, 5.74) is 5.56. The maximum Gasteiger partial charge on any atom is 0.0820 e. The van der Waals surface area contributed by atoms with Crippen molar-refractivity contribution >= 4 is 0 Å². The number of nitrogens with zero attached hydrogens (tertiary/aromatic N) is 1. The number of ether oxygens (including phenoxy) is 2. The average molecular weight is 188 g/mol. The van der Waals surface area contributed by atoms with E-state index in [4.69, 9.17) is 15.2 Å². The number of nitrogens with two attached hydrogens (primary N) is 1. The summed E-state index contributed by atoms with van der Waals surface area (Å²) < 4.78 is 10.6. The van der Waals surface area contributed by atoms with E-state index in [-0.39, 0.29) is 6.10 Å². The molecule has 0 aromatic carbocycles. The maximum absolute atomic E-state index is 5.56. The maximum atomic E-state index is 5.56. The Bertz CT molecular complexity index is 140. The van der Waals surface area contributed by atoms with Gasteiger partial charge in [0.1, 0.15) is 0 Å². The zero-order valence-corrected chi connectivity index (χ0v) is 8.53. The zero-order chi connectivity index (χ0) is 9.68. The SMILES string of the molecule is COC(CN)CN1CCOCC1C. The number of rotatable bonds is 4. The van der Waals surface area contributed by atoms with Gasteiger partial charge >= 0.3 is 0 Å². The molecule has 1 heterocycles. The molecule has 1 aliphatic rings. The molecule has 0 aliphatic carbocycles. The van der Waals surface area contributed by atoms with Crippen LogP contribution in [0.3, 0.4) is 0 Å². The van der Waals surface area contributed by atoms with E-state index in [0.717, 1.165) is 26.3 Å². The Morgan fingerprint density at radius 2 is 2.46 bits per heavy atom. The van der Waals surface area contributed by atoms with Crippen molar-refractivity contribution in [3.63, 3.8) is 0 Å². The molecule has 0 saturated carbocycles. The first kappa shape index (κ1) is 10.9. The Balaban J connectivity index is 2.32. The zero-order valence-electron chi connectivity index (χ0n) is 8.53. The standard InChI is InChI=1S/C9H20N2O2/c1-8-7-13-4-3-11(8)6-9(5-10)12-2/h8-9H,3-7,10H2,1-2H3. The summed E-state index contributed by atoms with van der Waals surface area (Å²) in [6, 6.07) is 0.484. The molecule has 1 aliphatic heterocycles. The molecular formula is C9H20N2O2. The van der Waals surface area contributed by atoms with Gasteiger partial charge in [-0.2, -0.15) is 0 Å². The normalized spacial score (nSPS) is 27.5. The molecule has 0 bridgehead atoms. The summed E-state index contributed by atoms with van der Waals surface area (Å²) in [6.07, 6.45) is 0.153. The summed E-state index contributed by atoms with van der Waals surface area (Å²) in [5.74, 6) is 0. The Hall–Kier alpha value is -0.160. The third kappa shape index (κ3) is 3.23. The molecular weight excluding hydrogens is 168 g/mol. The highest BCUT2D eigenvalue weighted by molar-refractivity contribution is 4.74. The van der Waals surface area contributed by atoms with Gasteiger partial charge in [-0.25, -0.2) is 0 Å². The lowest BCUT2D eigenvalue weighted by Gasteiger charge is -2.35. The molecule has 0 amide bonds. The van der Waals surface area contributed by atoms with Crippen LogP contribution in [0, 0.1) is 0 Å². The van der Waals surface area contributed by atoms with Crippen molar-refractivity contribution in [3.05, 3.63) is 0 Å². The van der Waals surface area contributed by atoms with Crippen LogP contribution in [-0.2, 0) is 9.47 Å². The lowest BCUT2D eigenvalue weighted by molar-refractivity contribution is -0.0259. The molecule has 2 unspecified atom stereocenters. The highest BCUT2D eigenvalue weighted by Gasteiger charge is 2.21. The van der Waals surface area contributed by atoms with Gasteiger partial charge in [0.15, 0.2) is 0 Å². The molecule has 0 radical (unpaired) electrons. The first-order valence-corrected chi connectivity index (χ1v) is 4.82. The first-order valence-electron chi connectivity index (χ1n) is 4.82. The van der Waals surface area contributed by atoms with E-state index in [1.165, 1.54) is 0 Å². The second-order valence-electron chi connectivity index (χ2n) is 3.51. The van der Waals surface area contributed by atoms with Crippen molar-refractivity contribution in [3.8, 4) is 0 Å². The molecule has 13 heavy (non-hydrogen) atoms. The van der Waals surface area contributed by atoms with E-state index in [9.17, 15) is 0 Å². The van der Waals surface area contributed by atoms with Crippen LogP contribution in [0.15, 0.2) is 0 Å². The predicted molar refractivity (Wildman–Crippen MR) is 51.7 cm³/mol. The lowest BCUT2D eigenvalue weighted by Crippen LogP contribution is -2.48. The highest BCUT2D eigenvalue weighted by atomic mass is 16.5. The molecule has 2 N–H and O–H groups in total. The Labute approximate surface area is 80.0 Å². The Kier molecular flexibility index (Phi) is 4.66. The van der Waals surface area contributed by atoms with Crippen LogP contribution in [0.25, 0.3) is 0 Å². The third-order valence-electron chi connectivity index (χ3n) is 2.54. The monoisotopic (exact) mass is 188 g/mol. The predicted octanol–water partition coefficient (Wildman–Crippen LogP) is -0.319. The van der Waals surface area contributed by atoms with Gasteiger partial charge in [0.05, 0.1) is 19.3 Å². The molecule has 1 saturated heterocycles. The number of hydrogen-bond acceptors (Lipinski definition) is 4. The molecule has 1 rings (SSSR count). The van der Waals surface area contributed by atoms with E-state index in [1.54, 1.807) is 7.11 Å². The summed E-state index contributed by atoms with van der Waals surface area (Å²) >= 11 is 0. The number of hydrogen-bond donors (Lipinski definition) is 1. The number of methoxy groups -OCH3 is 1.